The molecule has 1 aliphatic heterocycles. The number of carbonyl (C=O) groups excluding carboxylic acids is 1. The van der Waals surface area contributed by atoms with Gasteiger partial charge in [-0.3, -0.25) is 19.2 Å². The number of methoxy groups -OCH3 is 1. The van der Waals surface area contributed by atoms with Crippen molar-refractivity contribution in [2.45, 2.75) is 6.42 Å². The van der Waals surface area contributed by atoms with Crippen LogP contribution in [0.4, 0.5) is 14.5 Å². The molecular formula is C33H32F2N6O6. The first kappa shape index (κ1) is 31.6. The minimum absolute atomic E-state index is 0.0918. The third-order valence-electron chi connectivity index (χ3n) is 7.63. The zero-order chi connectivity index (χ0) is 32.9. The molecule has 0 atom stereocenters. The monoisotopic (exact) mass is 646 g/mol. The molecule has 244 valence electrons. The van der Waals surface area contributed by atoms with E-state index in [2.05, 4.69) is 20.3 Å². The van der Waals surface area contributed by atoms with E-state index < -0.39 is 23.2 Å². The Labute approximate surface area is 268 Å². The van der Waals surface area contributed by atoms with Crippen LogP contribution in [-0.2, 0) is 11.8 Å². The number of nitrogens with one attached hydrogen (secondary N) is 1. The maximum absolute atomic E-state index is 15.3. The Hall–Kier alpha value is -5.34. The fourth-order valence-corrected chi connectivity index (χ4v) is 5.14. The van der Waals surface area contributed by atoms with Crippen LogP contribution in [-0.4, -0.2) is 76.7 Å². The van der Waals surface area contributed by atoms with Crippen molar-refractivity contribution in [3.63, 3.8) is 0 Å². The Kier molecular flexibility index (Phi) is 9.40. The van der Waals surface area contributed by atoms with Crippen LogP contribution in [0.15, 0.2) is 71.7 Å². The van der Waals surface area contributed by atoms with Crippen LogP contribution in [0.2, 0.25) is 0 Å². The van der Waals surface area contributed by atoms with E-state index in [0.717, 1.165) is 54.6 Å². The lowest BCUT2D eigenvalue weighted by atomic mass is 10.1. The van der Waals surface area contributed by atoms with Gasteiger partial charge in [0.1, 0.15) is 11.6 Å². The van der Waals surface area contributed by atoms with Gasteiger partial charge in [-0.2, -0.15) is 4.68 Å². The number of hydrogen-bond donors (Lipinski definition) is 1. The lowest BCUT2D eigenvalue weighted by Crippen LogP contribution is -2.37. The predicted octanol–water partition coefficient (Wildman–Crippen LogP) is 4.55. The summed E-state index contributed by atoms with van der Waals surface area (Å²) in [5.74, 6) is -0.926. The van der Waals surface area contributed by atoms with Gasteiger partial charge in [-0.25, -0.2) is 13.6 Å². The molecular weight excluding hydrogens is 614 g/mol. The highest BCUT2D eigenvalue weighted by Gasteiger charge is 2.20. The maximum Gasteiger partial charge on any atom is 0.350 e. The number of morpholine rings is 1. The number of pyridine rings is 1. The van der Waals surface area contributed by atoms with Gasteiger partial charge in [0.15, 0.2) is 23.1 Å². The third-order valence-corrected chi connectivity index (χ3v) is 7.63. The molecule has 47 heavy (non-hydrogen) atoms. The summed E-state index contributed by atoms with van der Waals surface area (Å²) in [6.45, 7) is 4.73. The smallest absolute Gasteiger partial charge is 0.350 e. The molecule has 1 saturated heterocycles. The van der Waals surface area contributed by atoms with E-state index in [1.54, 1.807) is 24.4 Å². The van der Waals surface area contributed by atoms with Gasteiger partial charge in [-0.05, 0) is 55.0 Å². The van der Waals surface area contributed by atoms with Crippen LogP contribution in [0.3, 0.4) is 0 Å². The second kappa shape index (κ2) is 14.0. The molecule has 12 nitrogen and oxygen atoms in total. The highest BCUT2D eigenvalue weighted by atomic mass is 19.1. The fourth-order valence-electron chi connectivity index (χ4n) is 5.14. The number of aromatic nitrogens is 4. The molecule has 6 rings (SSSR count). The van der Waals surface area contributed by atoms with E-state index in [4.69, 9.17) is 18.9 Å². The SMILES string of the molecule is COc1cc2c(Oc3ccc(NC(=O)c4nn(-c5ccc(F)cc5)c(=O)n4C)cc3F)ccnc2cc1OCCCN1CCOCC1. The van der Waals surface area contributed by atoms with Gasteiger partial charge in [0.2, 0.25) is 5.82 Å². The number of halogens is 2. The van der Waals surface area contributed by atoms with Crippen molar-refractivity contribution in [2.24, 2.45) is 7.05 Å². The van der Waals surface area contributed by atoms with Gasteiger partial charge in [-0.15, -0.1) is 5.10 Å². The molecule has 2 aromatic heterocycles. The summed E-state index contributed by atoms with van der Waals surface area (Å²) in [7, 11) is 2.91. The van der Waals surface area contributed by atoms with Crippen molar-refractivity contribution in [3.8, 4) is 28.7 Å². The maximum atomic E-state index is 15.3. The van der Waals surface area contributed by atoms with Crippen molar-refractivity contribution < 1.29 is 32.5 Å². The third kappa shape index (κ3) is 7.08. The van der Waals surface area contributed by atoms with Gasteiger partial charge < -0.3 is 24.3 Å². The Bertz CT molecular complexity index is 1960. The molecule has 0 aliphatic carbocycles. The summed E-state index contributed by atoms with van der Waals surface area (Å²) in [4.78, 5) is 32.4. The summed E-state index contributed by atoms with van der Waals surface area (Å²) < 4.78 is 53.5. The summed E-state index contributed by atoms with van der Waals surface area (Å²) in [6.07, 6.45) is 2.39. The molecule has 3 aromatic carbocycles. The van der Waals surface area contributed by atoms with E-state index in [9.17, 15) is 14.0 Å². The second-order valence-electron chi connectivity index (χ2n) is 10.7. The number of hydrogen-bond acceptors (Lipinski definition) is 9. The van der Waals surface area contributed by atoms with Gasteiger partial charge in [-0.1, -0.05) is 0 Å². The first-order chi connectivity index (χ1) is 22.8. The Balaban J connectivity index is 1.14. The number of amides is 1. The summed E-state index contributed by atoms with van der Waals surface area (Å²) in [5, 5.41) is 7.20. The van der Waals surface area contributed by atoms with Crippen LogP contribution in [0.25, 0.3) is 16.6 Å². The Morgan fingerprint density at radius 1 is 0.979 bits per heavy atom. The predicted molar refractivity (Wildman–Crippen MR) is 169 cm³/mol. The van der Waals surface area contributed by atoms with E-state index in [0.29, 0.717) is 34.8 Å². The van der Waals surface area contributed by atoms with E-state index in [-0.39, 0.29) is 22.9 Å². The number of ether oxygens (including phenoxy) is 4. The van der Waals surface area contributed by atoms with Crippen molar-refractivity contribution in [2.75, 3.05) is 51.9 Å². The van der Waals surface area contributed by atoms with E-state index >= 15 is 4.39 Å². The minimum Gasteiger partial charge on any atom is -0.493 e. The minimum atomic E-state index is -0.745. The lowest BCUT2D eigenvalue weighted by molar-refractivity contribution is 0.0357. The topological polar surface area (TPSA) is 122 Å². The summed E-state index contributed by atoms with van der Waals surface area (Å²) in [6, 6.07) is 14.1. The molecule has 1 N–H and O–H groups in total. The van der Waals surface area contributed by atoms with Crippen LogP contribution in [0, 0.1) is 11.6 Å². The van der Waals surface area contributed by atoms with Crippen molar-refractivity contribution in [1.29, 1.82) is 0 Å². The molecule has 1 fully saturated rings. The van der Waals surface area contributed by atoms with Crippen LogP contribution in [0.5, 0.6) is 23.0 Å². The van der Waals surface area contributed by atoms with Crippen molar-refractivity contribution in [1.82, 2.24) is 24.2 Å². The Morgan fingerprint density at radius 3 is 2.51 bits per heavy atom. The molecule has 3 heterocycles. The van der Waals surface area contributed by atoms with Crippen LogP contribution in [0.1, 0.15) is 17.0 Å². The molecule has 1 amide bonds. The molecule has 0 unspecified atom stereocenters. The molecule has 0 saturated carbocycles. The quantitative estimate of drug-likeness (QED) is 0.206. The number of nitrogens with zero attached hydrogens (tertiary/aromatic N) is 5. The summed E-state index contributed by atoms with van der Waals surface area (Å²) >= 11 is 0. The Morgan fingerprint density at radius 2 is 1.77 bits per heavy atom. The normalized spacial score (nSPS) is 13.4. The van der Waals surface area contributed by atoms with Crippen LogP contribution >= 0.6 is 0 Å². The molecule has 1 aliphatic rings. The largest absolute Gasteiger partial charge is 0.493 e. The lowest BCUT2D eigenvalue weighted by Gasteiger charge is -2.26. The number of fused-ring (bicyclic) bond motifs is 1. The molecule has 5 aromatic rings. The zero-order valence-corrected chi connectivity index (χ0v) is 25.7. The van der Waals surface area contributed by atoms with Gasteiger partial charge in [0, 0.05) is 56.1 Å². The van der Waals surface area contributed by atoms with Crippen molar-refractivity contribution >= 4 is 22.5 Å². The molecule has 0 bridgehead atoms. The second-order valence-corrected chi connectivity index (χ2v) is 10.7. The molecule has 0 radical (unpaired) electrons. The van der Waals surface area contributed by atoms with Gasteiger partial charge >= 0.3 is 5.69 Å². The van der Waals surface area contributed by atoms with Gasteiger partial charge in [0.25, 0.3) is 5.91 Å². The van der Waals surface area contributed by atoms with Crippen molar-refractivity contribution in [3.05, 3.63) is 94.8 Å². The average Bonchev–Trinajstić information content (AvgIpc) is 3.38. The van der Waals surface area contributed by atoms with Crippen LogP contribution < -0.4 is 25.2 Å². The first-order valence-electron chi connectivity index (χ1n) is 14.9. The molecule has 14 heteroatoms. The molecule has 0 spiro atoms. The standard InChI is InChI=1S/C33H32F2N6O6/c1-39-31(38-41(33(39)43)23-7-4-21(34)5-8-23)32(42)37-22-6-9-28(25(35)18-22)47-27-10-11-36-26-20-30(29(44-2)19-24(26)27)46-15-3-12-40-13-16-45-17-14-40/h4-11,18-20H,3,12-17H2,1-2H3,(H,37,42). The zero-order valence-electron chi connectivity index (χ0n) is 25.7. The highest BCUT2D eigenvalue weighted by molar-refractivity contribution is 6.01. The number of rotatable bonds is 11. The number of anilines is 1. The highest BCUT2D eigenvalue weighted by Crippen LogP contribution is 2.38. The van der Waals surface area contributed by atoms with Gasteiger partial charge in [0.05, 0.1) is 38.1 Å². The summed E-state index contributed by atoms with van der Waals surface area (Å²) in [5.41, 5.74) is 0.352. The van der Waals surface area contributed by atoms with E-state index in [1.165, 1.54) is 50.6 Å². The fraction of sp³-hybridized carbons (Fsp3) is 0.273. The average molecular weight is 647 g/mol. The van der Waals surface area contributed by atoms with E-state index in [1.807, 2.05) is 0 Å². The number of carbonyl (C=O) groups is 1. The first-order valence-corrected chi connectivity index (χ1v) is 14.9. The number of benzene rings is 3.